The number of hydrogen-bond acceptors (Lipinski definition) is 6. The van der Waals surface area contributed by atoms with Gasteiger partial charge in [0.25, 0.3) is 0 Å². The fraction of sp³-hybridized carbons (Fsp3) is 0.500. The first-order valence-corrected chi connectivity index (χ1v) is 8.57. The number of sulfonamides is 1. The summed E-state index contributed by atoms with van der Waals surface area (Å²) in [4.78, 5) is 0.276. The number of H-pyrrole nitrogens is 1. The van der Waals surface area contributed by atoms with Crippen LogP contribution in [0.5, 0.6) is 5.75 Å². The van der Waals surface area contributed by atoms with E-state index < -0.39 is 10.0 Å². The number of rotatable bonds is 6. The number of hydrogen-bond donors (Lipinski definition) is 1. The number of likely N-dealkylation sites (N-methyl/N-ethyl adjacent to an activating group) is 1. The van der Waals surface area contributed by atoms with Crippen LogP contribution in [-0.4, -0.2) is 54.0 Å². The molecule has 0 aliphatic heterocycles. The maximum atomic E-state index is 12.8. The third-order valence-electron chi connectivity index (χ3n) is 3.93. The Morgan fingerprint density at radius 1 is 1.30 bits per heavy atom. The van der Waals surface area contributed by atoms with Crippen molar-refractivity contribution in [3.05, 3.63) is 29.1 Å². The zero-order chi connectivity index (χ0) is 17.2. The fourth-order valence-electron chi connectivity index (χ4n) is 2.38. The SMILES string of the molecule is COc1ccc(S(=O)(=O)N(C)CC(C)c2nn[nH]n2)c(C)c1C. The topological polar surface area (TPSA) is 101 Å². The first kappa shape index (κ1) is 17.4. The molecular weight excluding hydrogens is 318 g/mol. The van der Waals surface area contributed by atoms with Crippen LogP contribution in [0.25, 0.3) is 0 Å². The highest BCUT2D eigenvalue weighted by Crippen LogP contribution is 2.29. The monoisotopic (exact) mass is 339 g/mol. The van der Waals surface area contributed by atoms with E-state index in [1.165, 1.54) is 4.31 Å². The lowest BCUT2D eigenvalue weighted by atomic mass is 10.1. The van der Waals surface area contributed by atoms with E-state index in [1.54, 1.807) is 33.2 Å². The minimum Gasteiger partial charge on any atom is -0.496 e. The van der Waals surface area contributed by atoms with Gasteiger partial charge in [0.15, 0.2) is 5.82 Å². The lowest BCUT2D eigenvalue weighted by Crippen LogP contribution is -2.31. The molecule has 0 aliphatic rings. The van der Waals surface area contributed by atoms with Gasteiger partial charge in [0.1, 0.15) is 5.75 Å². The molecule has 2 aromatic rings. The summed E-state index contributed by atoms with van der Waals surface area (Å²) in [7, 11) is -0.501. The molecule has 23 heavy (non-hydrogen) atoms. The number of nitrogens with one attached hydrogen (secondary N) is 1. The van der Waals surface area contributed by atoms with Gasteiger partial charge < -0.3 is 4.74 Å². The highest BCUT2D eigenvalue weighted by atomic mass is 32.2. The van der Waals surface area contributed by atoms with Gasteiger partial charge in [0.2, 0.25) is 10.0 Å². The minimum atomic E-state index is -3.61. The maximum absolute atomic E-state index is 12.8. The maximum Gasteiger partial charge on any atom is 0.243 e. The van der Waals surface area contributed by atoms with Crippen molar-refractivity contribution in [1.82, 2.24) is 24.9 Å². The van der Waals surface area contributed by atoms with Crippen LogP contribution in [-0.2, 0) is 10.0 Å². The van der Waals surface area contributed by atoms with Gasteiger partial charge in [-0.3, -0.25) is 0 Å². The van der Waals surface area contributed by atoms with E-state index in [4.69, 9.17) is 4.74 Å². The van der Waals surface area contributed by atoms with E-state index in [0.717, 1.165) is 5.56 Å². The molecule has 0 amide bonds. The van der Waals surface area contributed by atoms with Crippen molar-refractivity contribution in [2.45, 2.75) is 31.6 Å². The molecule has 0 radical (unpaired) electrons. The molecular formula is C14H21N5O3S. The quantitative estimate of drug-likeness (QED) is 0.850. The third-order valence-corrected chi connectivity index (χ3v) is 5.90. The average Bonchev–Trinajstić information content (AvgIpc) is 3.04. The van der Waals surface area contributed by atoms with Crippen molar-refractivity contribution in [3.63, 3.8) is 0 Å². The normalized spacial score (nSPS) is 13.3. The lowest BCUT2D eigenvalue weighted by Gasteiger charge is -2.21. The van der Waals surface area contributed by atoms with Crippen LogP contribution in [0.15, 0.2) is 17.0 Å². The van der Waals surface area contributed by atoms with Crippen molar-refractivity contribution >= 4 is 10.0 Å². The molecule has 126 valence electrons. The third kappa shape index (κ3) is 3.35. The summed E-state index contributed by atoms with van der Waals surface area (Å²) in [6.07, 6.45) is 0. The second kappa shape index (κ2) is 6.63. The largest absolute Gasteiger partial charge is 0.496 e. The Balaban J connectivity index is 2.29. The number of aromatic nitrogens is 4. The summed E-state index contributed by atoms with van der Waals surface area (Å²) in [5.41, 5.74) is 1.50. The van der Waals surface area contributed by atoms with Crippen molar-refractivity contribution in [3.8, 4) is 5.75 Å². The van der Waals surface area contributed by atoms with Crippen molar-refractivity contribution < 1.29 is 13.2 Å². The van der Waals surface area contributed by atoms with Gasteiger partial charge in [-0.1, -0.05) is 12.1 Å². The van der Waals surface area contributed by atoms with Crippen molar-refractivity contribution in [2.24, 2.45) is 0 Å². The molecule has 1 heterocycles. The zero-order valence-electron chi connectivity index (χ0n) is 13.9. The van der Waals surface area contributed by atoms with E-state index in [0.29, 0.717) is 17.1 Å². The smallest absolute Gasteiger partial charge is 0.243 e. The molecule has 0 bridgehead atoms. The molecule has 1 atom stereocenters. The van der Waals surface area contributed by atoms with Gasteiger partial charge in [-0.2, -0.15) is 5.21 Å². The lowest BCUT2D eigenvalue weighted by molar-refractivity contribution is 0.410. The highest BCUT2D eigenvalue weighted by molar-refractivity contribution is 7.89. The number of ether oxygens (including phenoxy) is 1. The molecule has 1 aromatic heterocycles. The molecule has 1 aromatic carbocycles. The molecule has 0 saturated heterocycles. The number of benzene rings is 1. The van der Waals surface area contributed by atoms with E-state index >= 15 is 0 Å². The predicted octanol–water partition coefficient (Wildman–Crippen LogP) is 1.25. The Labute approximate surface area is 135 Å². The average molecular weight is 339 g/mol. The highest BCUT2D eigenvalue weighted by Gasteiger charge is 2.26. The summed E-state index contributed by atoms with van der Waals surface area (Å²) >= 11 is 0. The molecule has 0 fully saturated rings. The Bertz CT molecular complexity index is 774. The Kier molecular flexibility index (Phi) is 5.00. The molecule has 0 aliphatic carbocycles. The Morgan fingerprint density at radius 2 is 2.00 bits per heavy atom. The molecule has 0 spiro atoms. The van der Waals surface area contributed by atoms with Gasteiger partial charge in [0.05, 0.1) is 12.0 Å². The van der Waals surface area contributed by atoms with Crippen LogP contribution in [0, 0.1) is 13.8 Å². The van der Waals surface area contributed by atoms with E-state index in [2.05, 4.69) is 20.6 Å². The number of aromatic amines is 1. The standard InChI is InChI=1S/C14H21N5O3S/c1-9(14-15-17-18-16-14)8-19(4)23(20,21)13-7-6-12(22-5)10(2)11(13)3/h6-7,9H,8H2,1-5H3,(H,15,16,17,18). The van der Waals surface area contributed by atoms with Crippen LogP contribution in [0.3, 0.4) is 0 Å². The molecule has 1 N–H and O–H groups in total. The Hall–Kier alpha value is -2.00. The van der Waals surface area contributed by atoms with Crippen molar-refractivity contribution in [1.29, 1.82) is 0 Å². The minimum absolute atomic E-state index is 0.173. The predicted molar refractivity (Wildman–Crippen MR) is 84.9 cm³/mol. The zero-order valence-corrected chi connectivity index (χ0v) is 14.7. The second-order valence-corrected chi connectivity index (χ2v) is 7.49. The first-order valence-electron chi connectivity index (χ1n) is 7.13. The van der Waals surface area contributed by atoms with Crippen LogP contribution in [0.2, 0.25) is 0 Å². The van der Waals surface area contributed by atoms with E-state index in [9.17, 15) is 8.42 Å². The van der Waals surface area contributed by atoms with Gasteiger partial charge in [0, 0.05) is 19.5 Å². The molecule has 1 unspecified atom stereocenters. The number of tetrazole rings is 1. The van der Waals surface area contributed by atoms with Crippen molar-refractivity contribution in [2.75, 3.05) is 20.7 Å². The molecule has 2 rings (SSSR count). The molecule has 9 heteroatoms. The van der Waals surface area contributed by atoms with E-state index in [-0.39, 0.29) is 17.4 Å². The summed E-state index contributed by atoms with van der Waals surface area (Å²) in [6.45, 7) is 5.73. The van der Waals surface area contributed by atoms with Gasteiger partial charge >= 0.3 is 0 Å². The molecule has 0 saturated carbocycles. The summed E-state index contributed by atoms with van der Waals surface area (Å²) < 4.78 is 32.2. The van der Waals surface area contributed by atoms with Crippen LogP contribution >= 0.6 is 0 Å². The first-order chi connectivity index (χ1) is 10.8. The van der Waals surface area contributed by atoms with E-state index in [1.807, 2.05) is 13.8 Å². The van der Waals surface area contributed by atoms with Gasteiger partial charge in [-0.05, 0) is 37.1 Å². The summed E-state index contributed by atoms with van der Waals surface area (Å²) in [6, 6.07) is 3.25. The van der Waals surface area contributed by atoms with Crippen LogP contribution in [0.1, 0.15) is 29.8 Å². The Morgan fingerprint density at radius 3 is 2.57 bits per heavy atom. The van der Waals surface area contributed by atoms with Gasteiger partial charge in [-0.25, -0.2) is 12.7 Å². The summed E-state index contributed by atoms with van der Waals surface area (Å²) in [5.74, 6) is 0.979. The molecule has 8 nitrogen and oxygen atoms in total. The van der Waals surface area contributed by atoms with Crippen LogP contribution in [0.4, 0.5) is 0 Å². The number of methoxy groups -OCH3 is 1. The fourth-order valence-corrected chi connectivity index (χ4v) is 3.92. The second-order valence-electron chi connectivity index (χ2n) is 5.47. The number of nitrogens with zero attached hydrogens (tertiary/aromatic N) is 4. The van der Waals surface area contributed by atoms with Crippen LogP contribution < -0.4 is 4.74 Å². The van der Waals surface area contributed by atoms with Gasteiger partial charge in [-0.15, -0.1) is 10.2 Å². The summed E-state index contributed by atoms with van der Waals surface area (Å²) in [5, 5.41) is 13.7.